The molecule has 1 aromatic rings. The lowest BCUT2D eigenvalue weighted by atomic mass is 9.87. The topological polar surface area (TPSA) is 80.3 Å². The van der Waals surface area contributed by atoms with Crippen molar-refractivity contribution in [2.45, 2.75) is 74.5 Å². The maximum Gasteiger partial charge on any atom is 0.183 e. The summed E-state index contributed by atoms with van der Waals surface area (Å²) in [5, 5.41) is 2.31. The lowest BCUT2D eigenvalue weighted by Gasteiger charge is -2.22. The molecule has 162 valence electrons. The van der Waals surface area contributed by atoms with Gasteiger partial charge < -0.3 is 5.32 Å². The number of hydrogen-bond donors (Lipinski definition) is 1. The highest BCUT2D eigenvalue weighted by molar-refractivity contribution is 7.96. The van der Waals surface area contributed by atoms with E-state index in [0.29, 0.717) is 6.54 Å². The third-order valence-corrected chi connectivity index (χ3v) is 10.2. The van der Waals surface area contributed by atoms with Gasteiger partial charge in [-0.25, -0.2) is 16.8 Å². The molecule has 1 aliphatic carbocycles. The zero-order valence-corrected chi connectivity index (χ0v) is 19.3. The minimum Gasteiger partial charge on any atom is -0.311 e. The summed E-state index contributed by atoms with van der Waals surface area (Å²) in [6.45, 7) is 6.83. The summed E-state index contributed by atoms with van der Waals surface area (Å²) in [7, 11) is -7.11. The first-order chi connectivity index (χ1) is 13.5. The SMILES string of the molecule is CC(C)(C)c1ccc(S(=O)(=O)[C@H]2CS(=O)(=O)C[C@@H]2NCCC2=CCCCC2)cc1. The molecular formula is C22H33NO4S2. The summed E-state index contributed by atoms with van der Waals surface area (Å²) >= 11 is 0. The molecule has 0 radical (unpaired) electrons. The van der Waals surface area contributed by atoms with E-state index in [-0.39, 0.29) is 21.8 Å². The smallest absolute Gasteiger partial charge is 0.183 e. The van der Waals surface area contributed by atoms with Crippen molar-refractivity contribution in [3.05, 3.63) is 41.5 Å². The molecule has 29 heavy (non-hydrogen) atoms. The van der Waals surface area contributed by atoms with E-state index in [1.54, 1.807) is 12.1 Å². The Morgan fingerprint density at radius 3 is 2.34 bits per heavy atom. The predicted octanol–water partition coefficient (Wildman–Crippen LogP) is 3.40. The van der Waals surface area contributed by atoms with Crippen LogP contribution in [-0.2, 0) is 25.1 Å². The molecule has 3 rings (SSSR count). The fourth-order valence-corrected chi connectivity index (χ4v) is 8.90. The molecule has 1 aliphatic heterocycles. The van der Waals surface area contributed by atoms with Crippen molar-refractivity contribution >= 4 is 19.7 Å². The van der Waals surface area contributed by atoms with Gasteiger partial charge in [0.1, 0.15) is 0 Å². The van der Waals surface area contributed by atoms with Gasteiger partial charge in [-0.05, 0) is 61.8 Å². The van der Waals surface area contributed by atoms with Gasteiger partial charge in [0.25, 0.3) is 0 Å². The standard InChI is InChI=1S/C22H33NO4S2/c1-22(2,3)18-9-11-19(12-10-18)29(26,27)21-16-28(24,25)15-20(21)23-14-13-17-7-5-4-6-8-17/h7,9-12,20-21,23H,4-6,8,13-16H2,1-3H3/t20-,21-/m0/s1. The Morgan fingerprint density at radius 1 is 1.07 bits per heavy atom. The minimum absolute atomic E-state index is 0.0725. The number of rotatable bonds is 6. The third kappa shape index (κ3) is 5.50. The summed E-state index contributed by atoms with van der Waals surface area (Å²) in [6, 6.07) is 6.33. The van der Waals surface area contributed by atoms with Crippen LogP contribution in [0.25, 0.3) is 0 Å². The summed E-state index contributed by atoms with van der Waals surface area (Å²) in [5.74, 6) is -0.424. The summed E-state index contributed by atoms with van der Waals surface area (Å²) in [6.07, 6.45) is 7.74. The number of hydrogen-bond acceptors (Lipinski definition) is 5. The lowest BCUT2D eigenvalue weighted by Crippen LogP contribution is -2.43. The summed E-state index contributed by atoms with van der Waals surface area (Å²) in [5.41, 5.74) is 2.37. The van der Waals surface area contributed by atoms with Crippen molar-refractivity contribution in [3.63, 3.8) is 0 Å². The van der Waals surface area contributed by atoms with E-state index in [4.69, 9.17) is 0 Å². The van der Waals surface area contributed by atoms with Crippen LogP contribution < -0.4 is 5.32 Å². The number of benzene rings is 1. The van der Waals surface area contributed by atoms with Crippen molar-refractivity contribution in [2.75, 3.05) is 18.1 Å². The second kappa shape index (κ2) is 8.52. The fraction of sp³-hybridized carbons (Fsp3) is 0.636. The molecule has 0 aromatic heterocycles. The fourth-order valence-electron chi connectivity index (χ4n) is 4.18. The Labute approximate surface area is 175 Å². The maximum atomic E-state index is 13.2. The van der Waals surface area contributed by atoms with Gasteiger partial charge in [0.2, 0.25) is 0 Å². The molecule has 1 heterocycles. The van der Waals surface area contributed by atoms with Crippen LogP contribution in [0.2, 0.25) is 0 Å². The highest BCUT2D eigenvalue weighted by Crippen LogP contribution is 2.29. The van der Waals surface area contributed by atoms with Gasteiger partial charge in [0, 0.05) is 6.04 Å². The van der Waals surface area contributed by atoms with Crippen LogP contribution in [0.4, 0.5) is 0 Å². The van der Waals surface area contributed by atoms with Crippen molar-refractivity contribution < 1.29 is 16.8 Å². The van der Waals surface area contributed by atoms with Crippen LogP contribution in [0.3, 0.4) is 0 Å². The van der Waals surface area contributed by atoms with E-state index in [1.165, 1.54) is 18.4 Å². The average Bonchev–Trinajstić information content (AvgIpc) is 2.97. The molecule has 0 amide bonds. The van der Waals surface area contributed by atoms with Gasteiger partial charge in [0.05, 0.1) is 21.7 Å². The monoisotopic (exact) mass is 439 g/mol. The molecule has 2 atom stereocenters. The van der Waals surface area contributed by atoms with Crippen LogP contribution in [-0.4, -0.2) is 46.2 Å². The quantitative estimate of drug-likeness (QED) is 0.687. The van der Waals surface area contributed by atoms with Gasteiger partial charge in [-0.2, -0.15) is 0 Å². The van der Waals surface area contributed by atoms with Gasteiger partial charge in [-0.1, -0.05) is 44.6 Å². The first-order valence-corrected chi connectivity index (χ1v) is 13.8. The van der Waals surface area contributed by atoms with Gasteiger partial charge in [0.15, 0.2) is 19.7 Å². The zero-order chi connectivity index (χ0) is 21.3. The minimum atomic E-state index is -3.73. The van der Waals surface area contributed by atoms with Crippen LogP contribution in [0.5, 0.6) is 0 Å². The third-order valence-electron chi connectivity index (χ3n) is 5.99. The van der Waals surface area contributed by atoms with Crippen LogP contribution in [0.1, 0.15) is 58.4 Å². The second-order valence-corrected chi connectivity index (χ2v) is 13.7. The van der Waals surface area contributed by atoms with E-state index >= 15 is 0 Å². The molecule has 2 aliphatic rings. The van der Waals surface area contributed by atoms with E-state index in [9.17, 15) is 16.8 Å². The largest absolute Gasteiger partial charge is 0.311 e. The second-order valence-electron chi connectivity index (χ2n) is 9.35. The maximum absolute atomic E-state index is 13.2. The Balaban J connectivity index is 1.75. The molecule has 0 saturated carbocycles. The molecule has 0 spiro atoms. The van der Waals surface area contributed by atoms with Crippen LogP contribution in [0.15, 0.2) is 40.8 Å². The Bertz CT molecular complexity index is 955. The molecule has 1 N–H and O–H groups in total. The molecule has 7 heteroatoms. The van der Waals surface area contributed by atoms with E-state index in [0.717, 1.165) is 24.8 Å². The number of nitrogens with one attached hydrogen (secondary N) is 1. The number of allylic oxidation sites excluding steroid dienone is 1. The lowest BCUT2D eigenvalue weighted by molar-refractivity contribution is 0.523. The van der Waals surface area contributed by atoms with Gasteiger partial charge in [-0.3, -0.25) is 0 Å². The first kappa shape index (κ1) is 22.5. The van der Waals surface area contributed by atoms with Gasteiger partial charge >= 0.3 is 0 Å². The summed E-state index contributed by atoms with van der Waals surface area (Å²) < 4.78 is 51.0. The molecule has 0 unspecified atom stereocenters. The van der Waals surface area contributed by atoms with E-state index in [2.05, 4.69) is 32.2 Å². The highest BCUT2D eigenvalue weighted by atomic mass is 32.2. The first-order valence-electron chi connectivity index (χ1n) is 10.5. The Kier molecular flexibility index (Phi) is 6.61. The molecular weight excluding hydrogens is 406 g/mol. The van der Waals surface area contributed by atoms with Crippen LogP contribution in [0, 0.1) is 0 Å². The average molecular weight is 440 g/mol. The summed E-state index contributed by atoms with van der Waals surface area (Å²) in [4.78, 5) is 0.203. The Morgan fingerprint density at radius 2 is 1.76 bits per heavy atom. The van der Waals surface area contributed by atoms with Crippen LogP contribution >= 0.6 is 0 Å². The molecule has 0 bridgehead atoms. The highest BCUT2D eigenvalue weighted by Gasteiger charge is 2.45. The molecule has 1 aromatic carbocycles. The normalized spacial score (nSPS) is 25.0. The van der Waals surface area contributed by atoms with Crippen molar-refractivity contribution in [1.82, 2.24) is 5.32 Å². The van der Waals surface area contributed by atoms with E-state index < -0.39 is 31.0 Å². The molecule has 5 nitrogen and oxygen atoms in total. The zero-order valence-electron chi connectivity index (χ0n) is 17.6. The Hall–Kier alpha value is -1.18. The molecule has 1 saturated heterocycles. The van der Waals surface area contributed by atoms with Gasteiger partial charge in [-0.15, -0.1) is 0 Å². The van der Waals surface area contributed by atoms with Crippen molar-refractivity contribution in [3.8, 4) is 0 Å². The van der Waals surface area contributed by atoms with Crippen molar-refractivity contribution in [1.29, 1.82) is 0 Å². The van der Waals surface area contributed by atoms with Crippen molar-refractivity contribution in [2.24, 2.45) is 0 Å². The number of sulfone groups is 2. The molecule has 1 fully saturated rings. The predicted molar refractivity (Wildman–Crippen MR) is 118 cm³/mol. The van der Waals surface area contributed by atoms with E-state index in [1.807, 2.05) is 12.1 Å².